The Balaban J connectivity index is 0.000000223. The van der Waals surface area contributed by atoms with Crippen molar-refractivity contribution >= 4 is 11.3 Å². The molecule has 1 aliphatic carbocycles. The Bertz CT molecular complexity index is 1800. The third kappa shape index (κ3) is 15.8. The summed E-state index contributed by atoms with van der Waals surface area (Å²) in [5.74, 6) is 4.06. The van der Waals surface area contributed by atoms with Gasteiger partial charge in [-0.2, -0.15) is 0 Å². The van der Waals surface area contributed by atoms with Gasteiger partial charge in [0, 0.05) is 35.0 Å². The summed E-state index contributed by atoms with van der Waals surface area (Å²) in [7, 11) is 0. The third-order valence-corrected chi connectivity index (χ3v) is 11.8. The van der Waals surface area contributed by atoms with Crippen LogP contribution in [0, 0.1) is 0 Å². The van der Waals surface area contributed by atoms with Crippen LogP contribution in [0.4, 0.5) is 0 Å². The Labute approximate surface area is 353 Å². The lowest BCUT2D eigenvalue weighted by Gasteiger charge is -2.18. The van der Waals surface area contributed by atoms with E-state index in [1.165, 1.54) is 108 Å². The normalized spacial score (nSPS) is 12.8. The molecule has 3 aromatic carbocycles. The molecule has 0 radical (unpaired) electrons. The second kappa shape index (κ2) is 26.7. The number of unbranched alkanes of at least 4 members (excludes halogenated alkanes) is 11. The molecule has 2 heterocycles. The first kappa shape index (κ1) is 44.8. The van der Waals surface area contributed by atoms with Crippen LogP contribution in [-0.4, -0.2) is 40.0 Å². The quantitative estimate of drug-likeness (QED) is 0.0575. The molecule has 0 saturated heterocycles. The van der Waals surface area contributed by atoms with Gasteiger partial charge < -0.3 is 14.2 Å². The summed E-state index contributed by atoms with van der Waals surface area (Å²) in [6, 6.07) is 24.5. The van der Waals surface area contributed by atoms with E-state index in [9.17, 15) is 0 Å². The number of hydrogen-bond acceptors (Lipinski definition) is 8. The average molecular weight is 805 g/mol. The summed E-state index contributed by atoms with van der Waals surface area (Å²) < 4.78 is 17.5. The van der Waals surface area contributed by atoms with E-state index in [1.54, 1.807) is 11.3 Å². The van der Waals surface area contributed by atoms with Gasteiger partial charge in [-0.3, -0.25) is 0 Å². The molecule has 312 valence electrons. The lowest BCUT2D eigenvalue weighted by Crippen LogP contribution is -2.03. The van der Waals surface area contributed by atoms with Crippen molar-refractivity contribution in [3.05, 3.63) is 90.2 Å². The molecule has 7 nitrogen and oxygen atoms in total. The van der Waals surface area contributed by atoms with E-state index < -0.39 is 0 Å². The molecule has 0 N–H and O–H groups in total. The zero-order valence-electron chi connectivity index (χ0n) is 35.6. The lowest BCUT2D eigenvalue weighted by molar-refractivity contribution is 0.304. The van der Waals surface area contributed by atoms with Gasteiger partial charge in [-0.15, -0.1) is 10.2 Å². The molecule has 0 atom stereocenters. The van der Waals surface area contributed by atoms with E-state index in [0.29, 0.717) is 18.3 Å². The maximum Gasteiger partial charge on any atom is 0.159 e. The molecule has 5 aromatic rings. The van der Waals surface area contributed by atoms with Crippen molar-refractivity contribution in [2.24, 2.45) is 0 Å². The minimum absolute atomic E-state index is 0.634. The number of aromatic nitrogens is 4. The fourth-order valence-corrected chi connectivity index (χ4v) is 8.21. The van der Waals surface area contributed by atoms with Crippen molar-refractivity contribution in [3.8, 4) is 50.3 Å². The van der Waals surface area contributed by atoms with Gasteiger partial charge in [0.2, 0.25) is 0 Å². The van der Waals surface area contributed by atoms with Crippen LogP contribution in [0.2, 0.25) is 0 Å². The van der Waals surface area contributed by atoms with Crippen LogP contribution in [0.15, 0.2) is 85.2 Å². The molecule has 8 heteroatoms. The van der Waals surface area contributed by atoms with E-state index in [0.717, 1.165) is 77.0 Å². The van der Waals surface area contributed by atoms with Crippen LogP contribution in [-0.2, 0) is 0 Å². The predicted molar refractivity (Wildman–Crippen MR) is 242 cm³/mol. The first-order chi connectivity index (χ1) is 28.7. The highest BCUT2D eigenvalue weighted by atomic mass is 32.1. The van der Waals surface area contributed by atoms with Gasteiger partial charge >= 0.3 is 0 Å². The second-order valence-electron chi connectivity index (χ2n) is 15.6. The van der Waals surface area contributed by atoms with Crippen LogP contribution in [0.3, 0.4) is 0 Å². The maximum absolute atomic E-state index is 5.89. The molecule has 1 saturated carbocycles. The Hall–Kier alpha value is -4.30. The van der Waals surface area contributed by atoms with Crippen molar-refractivity contribution in [2.75, 3.05) is 19.8 Å². The summed E-state index contributed by atoms with van der Waals surface area (Å²) >= 11 is 1.77. The number of rotatable bonds is 24. The minimum Gasteiger partial charge on any atom is -0.494 e. The van der Waals surface area contributed by atoms with Gasteiger partial charge in [0.15, 0.2) is 5.82 Å². The monoisotopic (exact) mass is 805 g/mol. The van der Waals surface area contributed by atoms with Crippen LogP contribution in [0.1, 0.15) is 154 Å². The van der Waals surface area contributed by atoms with Gasteiger partial charge in [0.1, 0.15) is 27.3 Å². The Morgan fingerprint density at radius 2 is 1.05 bits per heavy atom. The molecule has 0 aliphatic heterocycles. The second-order valence-corrected chi connectivity index (χ2v) is 16.6. The molecular weight excluding hydrogens is 737 g/mol. The molecule has 0 spiro atoms. The third-order valence-electron chi connectivity index (χ3n) is 10.7. The molecule has 1 fully saturated rings. The zero-order chi connectivity index (χ0) is 40.5. The van der Waals surface area contributed by atoms with E-state index in [-0.39, 0.29) is 0 Å². The van der Waals surface area contributed by atoms with Gasteiger partial charge in [-0.1, -0.05) is 146 Å². The van der Waals surface area contributed by atoms with Gasteiger partial charge in [0.05, 0.1) is 19.8 Å². The van der Waals surface area contributed by atoms with E-state index >= 15 is 0 Å². The van der Waals surface area contributed by atoms with Gasteiger partial charge in [-0.05, 0) is 86.2 Å². The zero-order valence-corrected chi connectivity index (χ0v) is 36.5. The summed E-state index contributed by atoms with van der Waals surface area (Å²) in [5.41, 5.74) is 4.18. The Morgan fingerprint density at radius 3 is 1.64 bits per heavy atom. The first-order valence-corrected chi connectivity index (χ1v) is 23.3. The highest BCUT2D eigenvalue weighted by molar-refractivity contribution is 7.14. The van der Waals surface area contributed by atoms with Crippen molar-refractivity contribution in [1.29, 1.82) is 0 Å². The molecule has 58 heavy (non-hydrogen) atoms. The largest absolute Gasteiger partial charge is 0.494 e. The standard InChI is InChI=1S/C27H34N2O2.C23H34N2OS/c1-3-5-6-7-8-9-18-31-25-15-13-22(14-16-25)24-20-28-27(29-21-24)23-11-10-12-26(19-23)30-17-4-2;1-2-3-4-5-6-7-11-18-26-21-16-14-20(15-17-21)23-25-24-22(27-23)19-12-9-8-10-13-19/h10-16,19-21H,3-9,17-18H2,1-2H3;14-17,19H,2-13,18H2,1H3. The molecule has 0 amide bonds. The van der Waals surface area contributed by atoms with Crippen molar-refractivity contribution in [3.63, 3.8) is 0 Å². The number of hydrogen-bond donors (Lipinski definition) is 0. The maximum atomic E-state index is 5.89. The summed E-state index contributed by atoms with van der Waals surface area (Å²) in [6.07, 6.45) is 28.2. The number of benzene rings is 3. The summed E-state index contributed by atoms with van der Waals surface area (Å²) in [5, 5.41) is 11.2. The fraction of sp³-hybridized carbons (Fsp3) is 0.520. The Morgan fingerprint density at radius 1 is 0.500 bits per heavy atom. The highest BCUT2D eigenvalue weighted by Gasteiger charge is 2.20. The van der Waals surface area contributed by atoms with Gasteiger partial charge in [-0.25, -0.2) is 9.97 Å². The molecular formula is C50H68N4O3S. The van der Waals surface area contributed by atoms with Crippen molar-refractivity contribution in [2.45, 2.75) is 149 Å². The van der Waals surface area contributed by atoms with E-state index in [1.807, 2.05) is 48.8 Å². The van der Waals surface area contributed by atoms with Crippen molar-refractivity contribution in [1.82, 2.24) is 20.2 Å². The highest BCUT2D eigenvalue weighted by Crippen LogP contribution is 2.36. The molecule has 0 unspecified atom stereocenters. The molecule has 2 aromatic heterocycles. The lowest BCUT2D eigenvalue weighted by atomic mass is 9.90. The average Bonchev–Trinajstić information content (AvgIpc) is 3.78. The van der Waals surface area contributed by atoms with Crippen LogP contribution >= 0.6 is 11.3 Å². The van der Waals surface area contributed by atoms with E-state index in [2.05, 4.69) is 77.3 Å². The number of ether oxygens (including phenoxy) is 3. The van der Waals surface area contributed by atoms with Crippen LogP contribution < -0.4 is 14.2 Å². The topological polar surface area (TPSA) is 79.3 Å². The smallest absolute Gasteiger partial charge is 0.159 e. The fourth-order valence-electron chi connectivity index (χ4n) is 7.20. The number of nitrogens with zero attached hydrogens (tertiary/aromatic N) is 4. The predicted octanol–water partition coefficient (Wildman–Crippen LogP) is 14.7. The molecule has 6 rings (SSSR count). The first-order valence-electron chi connectivity index (χ1n) is 22.5. The van der Waals surface area contributed by atoms with Gasteiger partial charge in [0.25, 0.3) is 0 Å². The SMILES string of the molecule is CCCCCCCCCOc1ccc(-c2nnc(C3CCCCC3)s2)cc1.CCCCCCCCOc1ccc(-c2cnc(-c3cccc(OCCC)c3)nc2)cc1. The molecule has 0 bridgehead atoms. The van der Waals surface area contributed by atoms with E-state index in [4.69, 9.17) is 14.2 Å². The summed E-state index contributed by atoms with van der Waals surface area (Å²) in [4.78, 5) is 9.12. The van der Waals surface area contributed by atoms with Crippen molar-refractivity contribution < 1.29 is 14.2 Å². The Kier molecular flexibility index (Phi) is 20.6. The minimum atomic E-state index is 0.634. The van der Waals surface area contributed by atoms with Crippen LogP contribution in [0.5, 0.6) is 17.2 Å². The van der Waals surface area contributed by atoms with Crippen LogP contribution in [0.25, 0.3) is 33.1 Å². The molecule has 1 aliphatic rings. The summed E-state index contributed by atoms with van der Waals surface area (Å²) in [6.45, 7) is 8.92.